The van der Waals surface area contributed by atoms with Gasteiger partial charge in [-0.15, -0.1) is 0 Å². The van der Waals surface area contributed by atoms with Crippen molar-refractivity contribution in [3.8, 4) is 5.75 Å². The molecule has 6 heteroatoms. The van der Waals surface area contributed by atoms with E-state index in [1.165, 1.54) is 9.80 Å². The van der Waals surface area contributed by atoms with Crippen LogP contribution in [0.3, 0.4) is 0 Å². The first-order valence-corrected chi connectivity index (χ1v) is 6.80. The van der Waals surface area contributed by atoms with Gasteiger partial charge in [0.1, 0.15) is 5.75 Å². The van der Waals surface area contributed by atoms with Crippen LogP contribution in [0.2, 0.25) is 0 Å². The molecule has 0 aliphatic rings. The average molecular weight is 294 g/mol. The average Bonchev–Trinajstić information content (AvgIpc) is 2.50. The second kappa shape index (κ2) is 7.52. The van der Waals surface area contributed by atoms with Crippen LogP contribution in [0.1, 0.15) is 13.8 Å². The summed E-state index contributed by atoms with van der Waals surface area (Å²) in [6.07, 6.45) is 0. The van der Waals surface area contributed by atoms with Gasteiger partial charge in [0, 0.05) is 20.1 Å². The quantitative estimate of drug-likeness (QED) is 0.874. The smallest absolute Gasteiger partial charge is 0.324 e. The Morgan fingerprint density at radius 3 is 2.48 bits per heavy atom. The molecule has 0 aromatic heterocycles. The lowest BCUT2D eigenvalue weighted by molar-refractivity contribution is -0.141. The number of carbonyl (C=O) groups excluding carboxylic acids is 1. The number of hydrogen-bond acceptors (Lipinski definition) is 3. The second-order valence-corrected chi connectivity index (χ2v) is 4.79. The van der Waals surface area contributed by atoms with Crippen molar-refractivity contribution in [3.63, 3.8) is 0 Å². The number of aliphatic carboxylic acids is 1. The molecule has 1 atom stereocenters. The van der Waals surface area contributed by atoms with Gasteiger partial charge in [-0.2, -0.15) is 0 Å². The van der Waals surface area contributed by atoms with Crippen LogP contribution in [0, 0.1) is 5.92 Å². The molecule has 6 nitrogen and oxygen atoms in total. The van der Waals surface area contributed by atoms with E-state index in [-0.39, 0.29) is 12.6 Å². The van der Waals surface area contributed by atoms with Crippen LogP contribution >= 0.6 is 0 Å². The normalized spacial score (nSPS) is 11.6. The van der Waals surface area contributed by atoms with Gasteiger partial charge in [0.2, 0.25) is 0 Å². The van der Waals surface area contributed by atoms with E-state index in [2.05, 4.69) is 0 Å². The number of nitrogens with zero attached hydrogens (tertiary/aromatic N) is 2. The molecule has 1 rings (SSSR count). The minimum atomic E-state index is -0.916. The van der Waals surface area contributed by atoms with E-state index in [0.717, 1.165) is 0 Å². The van der Waals surface area contributed by atoms with Crippen LogP contribution in [-0.2, 0) is 4.79 Å². The van der Waals surface area contributed by atoms with Gasteiger partial charge in [-0.1, -0.05) is 19.1 Å². The molecule has 0 radical (unpaired) electrons. The molecule has 1 N–H and O–H groups in total. The van der Waals surface area contributed by atoms with Gasteiger partial charge in [-0.25, -0.2) is 4.79 Å². The van der Waals surface area contributed by atoms with Gasteiger partial charge in [0.25, 0.3) is 0 Å². The van der Waals surface area contributed by atoms with Crippen molar-refractivity contribution < 1.29 is 19.4 Å². The van der Waals surface area contributed by atoms with Gasteiger partial charge in [0.15, 0.2) is 0 Å². The van der Waals surface area contributed by atoms with E-state index in [4.69, 9.17) is 9.84 Å². The SMILES string of the molecule is CCN(CC(C)C(=O)O)C(=O)N(C)c1ccccc1OC. The number of ether oxygens (including phenoxy) is 1. The van der Waals surface area contributed by atoms with Gasteiger partial charge in [-0.05, 0) is 19.1 Å². The summed E-state index contributed by atoms with van der Waals surface area (Å²) in [6, 6.07) is 6.94. The fourth-order valence-corrected chi connectivity index (χ4v) is 1.97. The topological polar surface area (TPSA) is 70.1 Å². The van der Waals surface area contributed by atoms with Crippen molar-refractivity contribution in [1.29, 1.82) is 0 Å². The number of amides is 2. The number of anilines is 1. The van der Waals surface area contributed by atoms with E-state index in [9.17, 15) is 9.59 Å². The summed E-state index contributed by atoms with van der Waals surface area (Å²) in [5.41, 5.74) is 0.645. The lowest BCUT2D eigenvalue weighted by Gasteiger charge is -2.29. The van der Waals surface area contributed by atoms with E-state index in [1.54, 1.807) is 33.2 Å². The van der Waals surface area contributed by atoms with Crippen LogP contribution in [0.4, 0.5) is 10.5 Å². The number of urea groups is 1. The highest BCUT2D eigenvalue weighted by molar-refractivity contribution is 5.93. The number of hydrogen-bond donors (Lipinski definition) is 1. The Morgan fingerprint density at radius 2 is 1.95 bits per heavy atom. The predicted molar refractivity (Wildman–Crippen MR) is 80.8 cm³/mol. The van der Waals surface area contributed by atoms with Crippen molar-refractivity contribution >= 4 is 17.7 Å². The van der Waals surface area contributed by atoms with Gasteiger partial charge in [0.05, 0.1) is 18.7 Å². The van der Waals surface area contributed by atoms with E-state index >= 15 is 0 Å². The first-order valence-electron chi connectivity index (χ1n) is 6.80. The molecule has 1 aromatic carbocycles. The summed E-state index contributed by atoms with van der Waals surface area (Å²) in [4.78, 5) is 26.4. The molecule has 0 spiro atoms. The molecule has 0 bridgehead atoms. The molecule has 21 heavy (non-hydrogen) atoms. The first kappa shape index (κ1) is 16.8. The Bertz CT molecular complexity index is 504. The Hall–Kier alpha value is -2.24. The number of carbonyl (C=O) groups is 2. The lowest BCUT2D eigenvalue weighted by Crippen LogP contribution is -2.44. The van der Waals surface area contributed by atoms with Crippen LogP contribution in [0.25, 0.3) is 0 Å². The summed E-state index contributed by atoms with van der Waals surface area (Å²) in [6.45, 7) is 4.02. The van der Waals surface area contributed by atoms with Crippen LogP contribution < -0.4 is 9.64 Å². The number of benzene rings is 1. The molecule has 0 aliphatic heterocycles. The second-order valence-electron chi connectivity index (χ2n) is 4.79. The zero-order valence-electron chi connectivity index (χ0n) is 12.9. The van der Waals surface area contributed by atoms with Crippen molar-refractivity contribution in [3.05, 3.63) is 24.3 Å². The Kier molecular flexibility index (Phi) is 6.02. The highest BCUT2D eigenvalue weighted by atomic mass is 16.5. The zero-order chi connectivity index (χ0) is 16.0. The summed E-state index contributed by atoms with van der Waals surface area (Å²) < 4.78 is 5.24. The van der Waals surface area contributed by atoms with Gasteiger partial charge < -0.3 is 14.7 Å². The van der Waals surface area contributed by atoms with Crippen LogP contribution in [-0.4, -0.2) is 49.3 Å². The predicted octanol–water partition coefficient (Wildman–Crippen LogP) is 2.29. The Balaban J connectivity index is 2.91. The van der Waals surface area contributed by atoms with Crippen molar-refractivity contribution in [2.75, 3.05) is 32.1 Å². The summed E-state index contributed by atoms with van der Waals surface area (Å²) in [5.74, 6) is -0.933. The molecule has 1 aromatic rings. The number of carboxylic acids is 1. The third-order valence-electron chi connectivity index (χ3n) is 3.30. The van der Waals surface area contributed by atoms with Gasteiger partial charge in [-0.3, -0.25) is 9.69 Å². The number of para-hydroxylation sites is 2. The molecule has 0 heterocycles. The minimum Gasteiger partial charge on any atom is -0.495 e. The molecule has 0 saturated heterocycles. The van der Waals surface area contributed by atoms with Crippen LogP contribution in [0.15, 0.2) is 24.3 Å². The molecular formula is C15H22N2O4. The maximum Gasteiger partial charge on any atom is 0.324 e. The monoisotopic (exact) mass is 294 g/mol. The van der Waals surface area contributed by atoms with Gasteiger partial charge >= 0.3 is 12.0 Å². The third kappa shape index (κ3) is 4.11. The Labute approximate surface area is 124 Å². The third-order valence-corrected chi connectivity index (χ3v) is 3.30. The van der Waals surface area contributed by atoms with Crippen molar-refractivity contribution in [2.24, 2.45) is 5.92 Å². The van der Waals surface area contributed by atoms with Crippen molar-refractivity contribution in [2.45, 2.75) is 13.8 Å². The number of methoxy groups -OCH3 is 1. The van der Waals surface area contributed by atoms with Crippen molar-refractivity contribution in [1.82, 2.24) is 4.90 Å². The largest absolute Gasteiger partial charge is 0.495 e. The molecule has 2 amide bonds. The van der Waals surface area contributed by atoms with E-state index < -0.39 is 11.9 Å². The fourth-order valence-electron chi connectivity index (χ4n) is 1.97. The number of rotatable bonds is 6. The summed E-state index contributed by atoms with van der Waals surface area (Å²) in [7, 11) is 3.19. The first-order chi connectivity index (χ1) is 9.92. The lowest BCUT2D eigenvalue weighted by atomic mass is 10.2. The molecule has 0 aliphatic carbocycles. The maximum atomic E-state index is 12.5. The fraction of sp³-hybridized carbons (Fsp3) is 0.467. The van der Waals surface area contributed by atoms with E-state index in [0.29, 0.717) is 18.0 Å². The molecule has 1 unspecified atom stereocenters. The highest BCUT2D eigenvalue weighted by Crippen LogP contribution is 2.27. The maximum absolute atomic E-state index is 12.5. The molecule has 116 valence electrons. The zero-order valence-corrected chi connectivity index (χ0v) is 12.9. The standard InChI is InChI=1S/C15H22N2O4/c1-5-17(10-11(2)14(18)19)15(20)16(3)12-8-6-7-9-13(12)21-4/h6-9,11H,5,10H2,1-4H3,(H,18,19). The molecular weight excluding hydrogens is 272 g/mol. The highest BCUT2D eigenvalue weighted by Gasteiger charge is 2.23. The Morgan fingerprint density at radius 1 is 1.33 bits per heavy atom. The molecule has 0 fully saturated rings. The molecule has 0 saturated carbocycles. The summed E-state index contributed by atoms with van der Waals surface area (Å²) in [5, 5.41) is 8.97. The van der Waals surface area contributed by atoms with E-state index in [1.807, 2.05) is 19.1 Å². The van der Waals surface area contributed by atoms with Crippen LogP contribution in [0.5, 0.6) is 5.75 Å². The number of carboxylic acid groups (broad SMARTS) is 1. The minimum absolute atomic E-state index is 0.171. The summed E-state index contributed by atoms with van der Waals surface area (Å²) >= 11 is 0.